The quantitative estimate of drug-likeness (QED) is 0.897. The normalized spacial score (nSPS) is 19.2. The molecule has 98 valence electrons. The molecule has 0 bridgehead atoms. The van der Waals surface area contributed by atoms with Crippen molar-refractivity contribution < 1.29 is 9.18 Å². The van der Waals surface area contributed by atoms with Crippen LogP contribution in [0.1, 0.15) is 6.42 Å². The number of pyridine rings is 1. The maximum Gasteiger partial charge on any atom is 0.244 e. The minimum atomic E-state index is -0.311. The highest BCUT2D eigenvalue weighted by Gasteiger charge is 2.29. The van der Waals surface area contributed by atoms with Crippen LogP contribution in [0.25, 0.3) is 10.9 Å². The number of likely N-dealkylation sites (tertiary alicyclic amines) is 1. The second-order valence-corrected chi connectivity index (χ2v) is 4.77. The van der Waals surface area contributed by atoms with Gasteiger partial charge in [-0.3, -0.25) is 9.78 Å². The number of aromatic nitrogens is 1. The highest BCUT2D eigenvalue weighted by molar-refractivity contribution is 5.94. The number of carbonyl (C=O) groups is 1. The van der Waals surface area contributed by atoms with Gasteiger partial charge in [0.2, 0.25) is 5.91 Å². The van der Waals surface area contributed by atoms with E-state index >= 15 is 0 Å². The molecule has 1 N–H and O–H groups in total. The number of amides is 1. The average molecular weight is 259 g/mol. The van der Waals surface area contributed by atoms with Crippen LogP contribution in [0.3, 0.4) is 0 Å². The molecular weight excluding hydrogens is 245 g/mol. The minimum Gasteiger partial charge on any atom is -0.373 e. The van der Waals surface area contributed by atoms with E-state index in [1.165, 1.54) is 12.1 Å². The second kappa shape index (κ2) is 4.50. The summed E-state index contributed by atoms with van der Waals surface area (Å²) in [5.41, 5.74) is 1.41. The van der Waals surface area contributed by atoms with Gasteiger partial charge in [-0.05, 0) is 24.6 Å². The number of likely N-dealkylation sites (N-methyl/N-ethyl adjacent to an activating group) is 1. The first-order valence-corrected chi connectivity index (χ1v) is 6.21. The maximum atomic E-state index is 13.2. The minimum absolute atomic E-state index is 0.0899. The second-order valence-electron chi connectivity index (χ2n) is 4.77. The van der Waals surface area contributed by atoms with Crippen molar-refractivity contribution in [2.75, 3.05) is 18.9 Å². The predicted molar refractivity (Wildman–Crippen MR) is 71.4 cm³/mol. The molecule has 1 unspecified atom stereocenters. The van der Waals surface area contributed by atoms with E-state index in [1.807, 2.05) is 6.07 Å². The van der Waals surface area contributed by atoms with Gasteiger partial charge >= 0.3 is 0 Å². The largest absolute Gasteiger partial charge is 0.373 e. The molecule has 1 saturated heterocycles. The third-order valence-corrected chi connectivity index (χ3v) is 3.46. The van der Waals surface area contributed by atoms with Gasteiger partial charge < -0.3 is 10.2 Å². The number of carbonyl (C=O) groups excluding carboxylic acids is 1. The molecule has 1 aliphatic heterocycles. The lowest BCUT2D eigenvalue weighted by molar-refractivity contribution is -0.127. The number of fused-ring (bicyclic) bond motifs is 1. The van der Waals surface area contributed by atoms with Crippen molar-refractivity contribution in [3.63, 3.8) is 0 Å². The van der Waals surface area contributed by atoms with Crippen LogP contribution in [0.5, 0.6) is 0 Å². The highest BCUT2D eigenvalue weighted by Crippen LogP contribution is 2.24. The fourth-order valence-corrected chi connectivity index (χ4v) is 2.39. The molecule has 1 aliphatic rings. The number of rotatable bonds is 2. The van der Waals surface area contributed by atoms with Crippen LogP contribution in [0.4, 0.5) is 10.1 Å². The predicted octanol–water partition coefficient (Wildman–Crippen LogP) is 2.02. The van der Waals surface area contributed by atoms with Gasteiger partial charge in [0.1, 0.15) is 11.9 Å². The zero-order chi connectivity index (χ0) is 13.4. The van der Waals surface area contributed by atoms with E-state index in [9.17, 15) is 9.18 Å². The standard InChI is InChI=1S/C14H14FN3O/c1-18-7-5-12(14(18)19)17-11-4-6-16-13-8-9(15)2-3-10(11)13/h2-4,6,8,12H,5,7H2,1H3,(H,16,17). The van der Waals surface area contributed by atoms with Gasteiger partial charge in [0.05, 0.1) is 5.52 Å². The Balaban J connectivity index is 1.95. The molecule has 0 aliphatic carbocycles. The van der Waals surface area contributed by atoms with Gasteiger partial charge in [-0.1, -0.05) is 0 Å². The molecule has 1 aromatic heterocycles. The Morgan fingerprint density at radius 2 is 2.26 bits per heavy atom. The van der Waals surface area contributed by atoms with E-state index < -0.39 is 0 Å². The Morgan fingerprint density at radius 1 is 1.42 bits per heavy atom. The molecule has 0 radical (unpaired) electrons. The number of halogens is 1. The van der Waals surface area contributed by atoms with Gasteiger partial charge in [-0.2, -0.15) is 0 Å². The molecule has 1 aromatic carbocycles. The van der Waals surface area contributed by atoms with Crippen molar-refractivity contribution in [3.8, 4) is 0 Å². The molecule has 19 heavy (non-hydrogen) atoms. The smallest absolute Gasteiger partial charge is 0.244 e. The Labute approximate surface area is 110 Å². The van der Waals surface area contributed by atoms with Crippen LogP contribution in [-0.2, 0) is 4.79 Å². The molecule has 0 saturated carbocycles. The van der Waals surface area contributed by atoms with Gasteiger partial charge in [-0.25, -0.2) is 4.39 Å². The summed E-state index contributed by atoms with van der Waals surface area (Å²) in [5, 5.41) is 4.06. The van der Waals surface area contributed by atoms with Gasteiger partial charge in [0.15, 0.2) is 0 Å². The maximum absolute atomic E-state index is 13.2. The number of hydrogen-bond acceptors (Lipinski definition) is 3. The summed E-state index contributed by atoms with van der Waals surface area (Å²) >= 11 is 0. The Morgan fingerprint density at radius 3 is 3.00 bits per heavy atom. The molecule has 2 aromatic rings. The fourth-order valence-electron chi connectivity index (χ4n) is 2.39. The first-order valence-electron chi connectivity index (χ1n) is 6.21. The third kappa shape index (κ3) is 2.12. The lowest BCUT2D eigenvalue weighted by Crippen LogP contribution is -2.30. The molecule has 3 rings (SSSR count). The van der Waals surface area contributed by atoms with Crippen LogP contribution in [0.15, 0.2) is 30.5 Å². The van der Waals surface area contributed by atoms with Gasteiger partial charge in [0, 0.05) is 36.9 Å². The van der Waals surface area contributed by atoms with Crippen molar-refractivity contribution in [2.24, 2.45) is 0 Å². The Bertz CT molecular complexity index is 644. The van der Waals surface area contributed by atoms with Crippen LogP contribution in [0, 0.1) is 5.82 Å². The molecule has 5 heteroatoms. The molecule has 4 nitrogen and oxygen atoms in total. The highest BCUT2D eigenvalue weighted by atomic mass is 19.1. The van der Waals surface area contributed by atoms with Crippen LogP contribution in [0.2, 0.25) is 0 Å². The summed E-state index contributed by atoms with van der Waals surface area (Å²) in [7, 11) is 1.80. The molecule has 2 heterocycles. The van der Waals surface area contributed by atoms with Crippen LogP contribution in [-0.4, -0.2) is 35.4 Å². The van der Waals surface area contributed by atoms with Crippen molar-refractivity contribution in [3.05, 3.63) is 36.3 Å². The molecule has 1 atom stereocenters. The number of anilines is 1. The summed E-state index contributed by atoms with van der Waals surface area (Å²) in [6.45, 7) is 0.758. The van der Waals surface area contributed by atoms with E-state index in [0.717, 1.165) is 24.0 Å². The third-order valence-electron chi connectivity index (χ3n) is 3.46. The SMILES string of the molecule is CN1CCC(Nc2ccnc3cc(F)ccc23)C1=O. The van der Waals surface area contributed by atoms with Crippen LogP contribution >= 0.6 is 0 Å². The fraction of sp³-hybridized carbons (Fsp3) is 0.286. The van der Waals surface area contributed by atoms with E-state index in [4.69, 9.17) is 0 Å². The van der Waals surface area contributed by atoms with Crippen molar-refractivity contribution in [1.82, 2.24) is 9.88 Å². The molecule has 1 amide bonds. The molecule has 1 fully saturated rings. The molecule has 0 spiro atoms. The summed E-state index contributed by atoms with van der Waals surface area (Å²) in [6.07, 6.45) is 2.40. The monoisotopic (exact) mass is 259 g/mol. The first-order chi connectivity index (χ1) is 9.15. The van der Waals surface area contributed by atoms with E-state index in [2.05, 4.69) is 10.3 Å². The average Bonchev–Trinajstić information content (AvgIpc) is 2.71. The number of nitrogens with zero attached hydrogens (tertiary/aromatic N) is 2. The van der Waals surface area contributed by atoms with Crippen LogP contribution < -0.4 is 5.32 Å². The van der Waals surface area contributed by atoms with E-state index in [1.54, 1.807) is 24.2 Å². The summed E-state index contributed by atoms with van der Waals surface area (Å²) in [4.78, 5) is 17.7. The lowest BCUT2D eigenvalue weighted by Gasteiger charge is -2.15. The number of nitrogens with one attached hydrogen (secondary N) is 1. The van der Waals surface area contributed by atoms with Crippen molar-refractivity contribution >= 4 is 22.5 Å². The van der Waals surface area contributed by atoms with Crippen molar-refractivity contribution in [1.29, 1.82) is 0 Å². The number of benzene rings is 1. The zero-order valence-electron chi connectivity index (χ0n) is 10.6. The lowest BCUT2D eigenvalue weighted by atomic mass is 10.1. The van der Waals surface area contributed by atoms with Gasteiger partial charge in [0.25, 0.3) is 0 Å². The topological polar surface area (TPSA) is 45.2 Å². The summed E-state index contributed by atoms with van der Waals surface area (Å²) < 4.78 is 13.2. The first kappa shape index (κ1) is 11.9. The Hall–Kier alpha value is -2.17. The zero-order valence-corrected chi connectivity index (χ0v) is 10.6. The van der Waals surface area contributed by atoms with Gasteiger partial charge in [-0.15, -0.1) is 0 Å². The molecular formula is C14H14FN3O. The number of hydrogen-bond donors (Lipinski definition) is 1. The summed E-state index contributed by atoms with van der Waals surface area (Å²) in [6, 6.07) is 6.08. The Kier molecular flexibility index (Phi) is 2.81. The summed E-state index contributed by atoms with van der Waals surface area (Å²) in [5.74, 6) is -0.221. The van der Waals surface area contributed by atoms with E-state index in [-0.39, 0.29) is 17.8 Å². The van der Waals surface area contributed by atoms with Crippen molar-refractivity contribution in [2.45, 2.75) is 12.5 Å². The van der Waals surface area contributed by atoms with E-state index in [0.29, 0.717) is 5.52 Å².